The Balaban J connectivity index is 2.14. The molecule has 0 amide bonds. The number of halogens is 1. The Morgan fingerprint density at radius 3 is 2.35 bits per heavy atom. The van der Waals surface area contributed by atoms with Crippen LogP contribution in [0.2, 0.25) is 5.15 Å². The summed E-state index contributed by atoms with van der Waals surface area (Å²) in [6, 6.07) is 18.1. The SMILES string of the molecule is Clc1ccc(-c2ccc3ccccc3c2)nn1. The van der Waals surface area contributed by atoms with E-state index < -0.39 is 0 Å². The maximum Gasteiger partial charge on any atom is 0.151 e. The van der Waals surface area contributed by atoms with Crippen LogP contribution in [0.4, 0.5) is 0 Å². The molecular formula is C14H9ClN2. The van der Waals surface area contributed by atoms with Crippen LogP contribution in [0, 0.1) is 0 Å². The fraction of sp³-hybridized carbons (Fsp3) is 0. The lowest BCUT2D eigenvalue weighted by molar-refractivity contribution is 1.04. The van der Waals surface area contributed by atoms with Gasteiger partial charge in [-0.3, -0.25) is 0 Å². The predicted molar refractivity (Wildman–Crippen MR) is 70.0 cm³/mol. The molecule has 0 radical (unpaired) electrons. The molecule has 0 saturated heterocycles. The second-order valence-corrected chi connectivity index (χ2v) is 4.19. The van der Waals surface area contributed by atoms with Gasteiger partial charge in [-0.15, -0.1) is 10.2 Å². The highest BCUT2D eigenvalue weighted by Gasteiger charge is 2.01. The molecule has 0 N–H and O–H groups in total. The van der Waals surface area contributed by atoms with Crippen LogP contribution >= 0.6 is 11.6 Å². The highest BCUT2D eigenvalue weighted by atomic mass is 35.5. The Hall–Kier alpha value is -1.93. The summed E-state index contributed by atoms with van der Waals surface area (Å²) < 4.78 is 0. The molecule has 0 unspecified atom stereocenters. The Labute approximate surface area is 104 Å². The molecule has 3 rings (SSSR count). The molecule has 17 heavy (non-hydrogen) atoms. The Morgan fingerprint density at radius 2 is 1.59 bits per heavy atom. The summed E-state index contributed by atoms with van der Waals surface area (Å²) >= 11 is 5.72. The zero-order valence-electron chi connectivity index (χ0n) is 8.97. The summed E-state index contributed by atoms with van der Waals surface area (Å²) in [7, 11) is 0. The minimum Gasteiger partial charge on any atom is -0.149 e. The maximum absolute atomic E-state index is 5.72. The molecule has 82 valence electrons. The fourth-order valence-electron chi connectivity index (χ4n) is 1.82. The van der Waals surface area contributed by atoms with Gasteiger partial charge < -0.3 is 0 Å². The van der Waals surface area contributed by atoms with Crippen LogP contribution in [-0.4, -0.2) is 10.2 Å². The van der Waals surface area contributed by atoms with Gasteiger partial charge in [0.2, 0.25) is 0 Å². The number of fused-ring (bicyclic) bond motifs is 1. The van der Waals surface area contributed by atoms with E-state index in [4.69, 9.17) is 11.6 Å². The number of hydrogen-bond acceptors (Lipinski definition) is 2. The molecule has 2 nitrogen and oxygen atoms in total. The third-order valence-electron chi connectivity index (χ3n) is 2.68. The zero-order valence-corrected chi connectivity index (χ0v) is 9.72. The molecule has 0 spiro atoms. The second kappa shape index (κ2) is 4.15. The molecule has 0 aliphatic rings. The van der Waals surface area contributed by atoms with Gasteiger partial charge >= 0.3 is 0 Å². The van der Waals surface area contributed by atoms with Gasteiger partial charge in [0.05, 0.1) is 5.69 Å². The lowest BCUT2D eigenvalue weighted by atomic mass is 10.1. The van der Waals surface area contributed by atoms with Crippen molar-refractivity contribution in [3.05, 3.63) is 59.8 Å². The molecule has 1 heterocycles. The normalized spacial score (nSPS) is 10.6. The number of aromatic nitrogens is 2. The van der Waals surface area contributed by atoms with E-state index in [0.29, 0.717) is 5.15 Å². The van der Waals surface area contributed by atoms with Crippen molar-refractivity contribution in [2.45, 2.75) is 0 Å². The van der Waals surface area contributed by atoms with Crippen molar-refractivity contribution < 1.29 is 0 Å². The van der Waals surface area contributed by atoms with Crippen LogP contribution < -0.4 is 0 Å². The van der Waals surface area contributed by atoms with E-state index in [2.05, 4.69) is 34.5 Å². The Morgan fingerprint density at radius 1 is 0.765 bits per heavy atom. The van der Waals surface area contributed by atoms with Crippen LogP contribution in [0.15, 0.2) is 54.6 Å². The summed E-state index contributed by atoms with van der Waals surface area (Å²) in [6.45, 7) is 0. The van der Waals surface area contributed by atoms with E-state index in [1.54, 1.807) is 6.07 Å². The van der Waals surface area contributed by atoms with E-state index in [9.17, 15) is 0 Å². The van der Waals surface area contributed by atoms with Gasteiger partial charge in [-0.05, 0) is 29.0 Å². The van der Waals surface area contributed by atoms with Gasteiger partial charge in [0.15, 0.2) is 5.15 Å². The van der Waals surface area contributed by atoms with Crippen LogP contribution in [-0.2, 0) is 0 Å². The first-order valence-electron chi connectivity index (χ1n) is 5.31. The van der Waals surface area contributed by atoms with Crippen molar-refractivity contribution in [3.8, 4) is 11.3 Å². The highest BCUT2D eigenvalue weighted by Crippen LogP contribution is 2.22. The zero-order chi connectivity index (χ0) is 11.7. The van der Waals surface area contributed by atoms with Gasteiger partial charge in [-0.25, -0.2) is 0 Å². The molecule has 0 bridgehead atoms. The molecule has 2 aromatic carbocycles. The second-order valence-electron chi connectivity index (χ2n) is 3.80. The summed E-state index contributed by atoms with van der Waals surface area (Å²) in [4.78, 5) is 0. The molecule has 3 heteroatoms. The van der Waals surface area contributed by atoms with E-state index in [1.807, 2.05) is 24.3 Å². The molecule has 0 aliphatic heterocycles. The van der Waals surface area contributed by atoms with Gasteiger partial charge in [0, 0.05) is 5.56 Å². The van der Waals surface area contributed by atoms with E-state index in [1.165, 1.54) is 10.8 Å². The van der Waals surface area contributed by atoms with Crippen molar-refractivity contribution in [1.29, 1.82) is 0 Å². The third-order valence-corrected chi connectivity index (χ3v) is 2.88. The van der Waals surface area contributed by atoms with Crippen molar-refractivity contribution in [1.82, 2.24) is 10.2 Å². The van der Waals surface area contributed by atoms with Crippen LogP contribution in [0.25, 0.3) is 22.0 Å². The molecule has 0 aliphatic carbocycles. The number of hydrogen-bond donors (Lipinski definition) is 0. The Kier molecular flexibility index (Phi) is 2.50. The maximum atomic E-state index is 5.72. The van der Waals surface area contributed by atoms with Crippen LogP contribution in [0.3, 0.4) is 0 Å². The fourth-order valence-corrected chi connectivity index (χ4v) is 1.92. The highest BCUT2D eigenvalue weighted by molar-refractivity contribution is 6.29. The average Bonchev–Trinajstić information content (AvgIpc) is 2.39. The van der Waals surface area contributed by atoms with Crippen molar-refractivity contribution in [2.24, 2.45) is 0 Å². The first kappa shape index (κ1) is 10.2. The van der Waals surface area contributed by atoms with Gasteiger partial charge in [-0.1, -0.05) is 48.0 Å². The Bertz CT molecular complexity index is 662. The van der Waals surface area contributed by atoms with Gasteiger partial charge in [-0.2, -0.15) is 0 Å². The topological polar surface area (TPSA) is 25.8 Å². The summed E-state index contributed by atoms with van der Waals surface area (Å²) in [5.41, 5.74) is 1.88. The van der Waals surface area contributed by atoms with Crippen LogP contribution in [0.1, 0.15) is 0 Å². The largest absolute Gasteiger partial charge is 0.151 e. The monoisotopic (exact) mass is 240 g/mol. The number of rotatable bonds is 1. The molecule has 0 fully saturated rings. The summed E-state index contributed by atoms with van der Waals surface area (Å²) in [5.74, 6) is 0. The first-order chi connectivity index (χ1) is 8.33. The number of benzene rings is 2. The smallest absolute Gasteiger partial charge is 0.149 e. The summed E-state index contributed by atoms with van der Waals surface area (Å²) in [6.07, 6.45) is 0. The quantitative estimate of drug-likeness (QED) is 0.644. The lowest BCUT2D eigenvalue weighted by Gasteiger charge is -2.02. The van der Waals surface area contributed by atoms with Crippen molar-refractivity contribution in [2.75, 3.05) is 0 Å². The van der Waals surface area contributed by atoms with Crippen LogP contribution in [0.5, 0.6) is 0 Å². The predicted octanol–water partition coefficient (Wildman–Crippen LogP) is 3.95. The third kappa shape index (κ3) is 1.99. The van der Waals surface area contributed by atoms with E-state index in [0.717, 1.165) is 11.3 Å². The first-order valence-corrected chi connectivity index (χ1v) is 5.69. The number of nitrogens with zero attached hydrogens (tertiary/aromatic N) is 2. The molecule has 0 saturated carbocycles. The van der Waals surface area contributed by atoms with Crippen molar-refractivity contribution >= 4 is 22.4 Å². The standard InChI is InChI=1S/C14H9ClN2/c15-14-8-7-13(16-17-14)12-6-5-10-3-1-2-4-11(10)9-12/h1-9H. The van der Waals surface area contributed by atoms with E-state index >= 15 is 0 Å². The van der Waals surface area contributed by atoms with E-state index in [-0.39, 0.29) is 0 Å². The van der Waals surface area contributed by atoms with Crippen molar-refractivity contribution in [3.63, 3.8) is 0 Å². The lowest BCUT2D eigenvalue weighted by Crippen LogP contribution is -1.87. The molecule has 0 atom stereocenters. The van der Waals surface area contributed by atoms with Gasteiger partial charge in [0.1, 0.15) is 0 Å². The molecule has 1 aromatic heterocycles. The minimum atomic E-state index is 0.412. The molecule has 3 aromatic rings. The molecular weight excluding hydrogens is 232 g/mol. The van der Waals surface area contributed by atoms with Gasteiger partial charge in [0.25, 0.3) is 0 Å². The average molecular weight is 241 g/mol. The minimum absolute atomic E-state index is 0.412. The summed E-state index contributed by atoms with van der Waals surface area (Å²) in [5, 5.41) is 10.8.